The highest BCUT2D eigenvalue weighted by Gasteiger charge is 2.09. The molecule has 0 aliphatic carbocycles. The molecule has 100 valence electrons. The fourth-order valence-electron chi connectivity index (χ4n) is 1.44. The number of anilines is 3. The second-order valence-electron chi connectivity index (χ2n) is 3.63. The first-order valence-electron chi connectivity index (χ1n) is 5.57. The molecular formula is C12H12BrClN4O. The number of rotatable bonds is 4. The Hall–Kier alpha value is -1.53. The van der Waals surface area contributed by atoms with Crippen LogP contribution in [0.15, 0.2) is 29.0 Å². The summed E-state index contributed by atoms with van der Waals surface area (Å²) in [6.45, 7) is 2.36. The molecule has 0 unspecified atom stereocenters. The summed E-state index contributed by atoms with van der Waals surface area (Å²) in [4.78, 5) is 8.07. The lowest BCUT2D eigenvalue weighted by Crippen LogP contribution is -2.05. The average molecular weight is 344 g/mol. The summed E-state index contributed by atoms with van der Waals surface area (Å²) in [7, 11) is 0. The average Bonchev–Trinajstić information content (AvgIpc) is 2.39. The molecule has 0 aliphatic rings. The van der Waals surface area contributed by atoms with Crippen molar-refractivity contribution >= 4 is 44.7 Å². The molecule has 1 aromatic carbocycles. The van der Waals surface area contributed by atoms with Crippen molar-refractivity contribution in [2.75, 3.05) is 17.7 Å². The van der Waals surface area contributed by atoms with Gasteiger partial charge < -0.3 is 15.8 Å². The van der Waals surface area contributed by atoms with Crippen molar-refractivity contribution in [3.8, 4) is 5.88 Å². The lowest BCUT2D eigenvalue weighted by molar-refractivity contribution is 0.328. The maximum atomic E-state index is 5.94. The smallest absolute Gasteiger partial charge is 0.242 e. The first-order valence-corrected chi connectivity index (χ1v) is 6.74. The van der Waals surface area contributed by atoms with E-state index in [1.165, 1.54) is 6.33 Å². The quantitative estimate of drug-likeness (QED) is 0.887. The van der Waals surface area contributed by atoms with Crippen LogP contribution in [0.25, 0.3) is 0 Å². The van der Waals surface area contributed by atoms with Gasteiger partial charge in [0.2, 0.25) is 5.88 Å². The van der Waals surface area contributed by atoms with Crippen LogP contribution in [-0.2, 0) is 0 Å². The van der Waals surface area contributed by atoms with E-state index >= 15 is 0 Å². The van der Waals surface area contributed by atoms with Crippen molar-refractivity contribution in [1.29, 1.82) is 0 Å². The fraction of sp³-hybridized carbons (Fsp3) is 0.167. The van der Waals surface area contributed by atoms with Crippen LogP contribution in [0.4, 0.5) is 17.2 Å². The van der Waals surface area contributed by atoms with Gasteiger partial charge in [-0.1, -0.05) is 11.6 Å². The lowest BCUT2D eigenvalue weighted by Gasteiger charge is -2.11. The fourth-order valence-corrected chi connectivity index (χ4v) is 1.94. The summed E-state index contributed by atoms with van der Waals surface area (Å²) in [6.07, 6.45) is 1.40. The molecule has 7 heteroatoms. The van der Waals surface area contributed by atoms with Gasteiger partial charge in [0.05, 0.1) is 11.6 Å². The largest absolute Gasteiger partial charge is 0.476 e. The molecule has 0 spiro atoms. The molecule has 0 saturated heterocycles. The van der Waals surface area contributed by atoms with Gasteiger partial charge in [0, 0.05) is 10.2 Å². The summed E-state index contributed by atoms with van der Waals surface area (Å²) in [5, 5.41) is 3.73. The van der Waals surface area contributed by atoms with Crippen LogP contribution in [0.5, 0.6) is 5.88 Å². The van der Waals surface area contributed by atoms with E-state index in [1.807, 2.05) is 19.1 Å². The van der Waals surface area contributed by atoms with E-state index in [4.69, 9.17) is 22.1 Å². The molecule has 2 aromatic rings. The van der Waals surface area contributed by atoms with Crippen molar-refractivity contribution in [2.45, 2.75) is 6.92 Å². The Morgan fingerprint density at radius 2 is 2.21 bits per heavy atom. The van der Waals surface area contributed by atoms with Crippen LogP contribution in [0.3, 0.4) is 0 Å². The molecule has 0 saturated carbocycles. The zero-order chi connectivity index (χ0) is 13.8. The van der Waals surface area contributed by atoms with Crippen molar-refractivity contribution in [3.63, 3.8) is 0 Å². The predicted molar refractivity (Wildman–Crippen MR) is 80.0 cm³/mol. The van der Waals surface area contributed by atoms with E-state index in [1.54, 1.807) is 6.07 Å². The Balaban J connectivity index is 2.27. The number of nitrogens with two attached hydrogens (primary N) is 1. The molecule has 5 nitrogen and oxygen atoms in total. The third kappa shape index (κ3) is 3.27. The van der Waals surface area contributed by atoms with Gasteiger partial charge in [0.1, 0.15) is 12.0 Å². The maximum Gasteiger partial charge on any atom is 0.242 e. The Morgan fingerprint density at radius 1 is 1.42 bits per heavy atom. The van der Waals surface area contributed by atoms with Crippen LogP contribution in [0, 0.1) is 0 Å². The van der Waals surface area contributed by atoms with Gasteiger partial charge in [-0.3, -0.25) is 0 Å². The molecule has 19 heavy (non-hydrogen) atoms. The van der Waals surface area contributed by atoms with Gasteiger partial charge in [-0.05, 0) is 41.1 Å². The molecule has 2 rings (SSSR count). The summed E-state index contributed by atoms with van der Waals surface area (Å²) in [5.74, 6) is 0.862. The van der Waals surface area contributed by atoms with Crippen LogP contribution in [0.1, 0.15) is 6.92 Å². The monoisotopic (exact) mass is 342 g/mol. The van der Waals surface area contributed by atoms with E-state index in [2.05, 4.69) is 31.2 Å². The molecule has 3 N–H and O–H groups in total. The standard InChI is InChI=1S/C12H12BrClN4O/c1-2-19-12-10(15)11(16-6-17-12)18-7-3-4-9(14)8(13)5-7/h3-6H,2,15H2,1H3,(H,16,17,18). The van der Waals surface area contributed by atoms with Crippen molar-refractivity contribution in [2.24, 2.45) is 0 Å². The van der Waals surface area contributed by atoms with Gasteiger partial charge in [0.25, 0.3) is 0 Å². The van der Waals surface area contributed by atoms with E-state index in [-0.39, 0.29) is 0 Å². The molecule has 0 radical (unpaired) electrons. The molecule has 1 aromatic heterocycles. The van der Waals surface area contributed by atoms with E-state index < -0.39 is 0 Å². The number of hydrogen-bond acceptors (Lipinski definition) is 5. The topological polar surface area (TPSA) is 73.1 Å². The maximum absolute atomic E-state index is 5.94. The molecular weight excluding hydrogens is 332 g/mol. The van der Waals surface area contributed by atoms with Gasteiger partial charge >= 0.3 is 0 Å². The number of nitrogen functional groups attached to an aromatic ring is 1. The summed E-state index contributed by atoms with van der Waals surface area (Å²) in [6, 6.07) is 5.44. The van der Waals surface area contributed by atoms with E-state index in [9.17, 15) is 0 Å². The Kier molecular flexibility index (Phi) is 4.44. The number of aromatic nitrogens is 2. The molecule has 1 heterocycles. The number of nitrogens with one attached hydrogen (secondary N) is 1. The summed E-state index contributed by atoms with van der Waals surface area (Å²) in [5.41, 5.74) is 7.12. The zero-order valence-corrected chi connectivity index (χ0v) is 12.5. The minimum atomic E-state index is 0.369. The highest BCUT2D eigenvalue weighted by Crippen LogP contribution is 2.30. The highest BCUT2D eigenvalue weighted by molar-refractivity contribution is 9.10. The Bertz CT molecular complexity index is 594. The minimum absolute atomic E-state index is 0.369. The van der Waals surface area contributed by atoms with Crippen LogP contribution >= 0.6 is 27.5 Å². The number of benzene rings is 1. The first-order chi connectivity index (χ1) is 9.11. The molecule has 0 amide bonds. The van der Waals surface area contributed by atoms with E-state index in [0.717, 1.165) is 10.2 Å². The zero-order valence-electron chi connectivity index (χ0n) is 10.2. The normalized spacial score (nSPS) is 10.3. The van der Waals surface area contributed by atoms with Gasteiger partial charge in [0.15, 0.2) is 5.82 Å². The van der Waals surface area contributed by atoms with E-state index in [0.29, 0.717) is 29.0 Å². The van der Waals surface area contributed by atoms with Gasteiger partial charge in [-0.2, -0.15) is 4.98 Å². The number of ether oxygens (including phenoxy) is 1. The molecule has 0 aliphatic heterocycles. The Morgan fingerprint density at radius 3 is 2.89 bits per heavy atom. The van der Waals surface area contributed by atoms with Crippen LogP contribution in [-0.4, -0.2) is 16.6 Å². The summed E-state index contributed by atoms with van der Waals surface area (Å²) >= 11 is 9.29. The molecule has 0 atom stereocenters. The van der Waals surface area contributed by atoms with Crippen LogP contribution < -0.4 is 15.8 Å². The van der Waals surface area contributed by atoms with Crippen molar-refractivity contribution < 1.29 is 4.74 Å². The van der Waals surface area contributed by atoms with Gasteiger partial charge in [-0.15, -0.1) is 0 Å². The number of halogens is 2. The van der Waals surface area contributed by atoms with Gasteiger partial charge in [-0.25, -0.2) is 4.98 Å². The predicted octanol–water partition coefficient (Wildman–Crippen LogP) is 3.62. The third-order valence-electron chi connectivity index (χ3n) is 2.31. The summed E-state index contributed by atoms with van der Waals surface area (Å²) < 4.78 is 6.10. The van der Waals surface area contributed by atoms with Crippen molar-refractivity contribution in [3.05, 3.63) is 34.0 Å². The second kappa shape index (κ2) is 6.08. The molecule has 0 fully saturated rings. The minimum Gasteiger partial charge on any atom is -0.476 e. The number of hydrogen-bond donors (Lipinski definition) is 2. The Labute approximate surface area is 124 Å². The van der Waals surface area contributed by atoms with Crippen molar-refractivity contribution in [1.82, 2.24) is 9.97 Å². The third-order valence-corrected chi connectivity index (χ3v) is 3.52. The highest BCUT2D eigenvalue weighted by atomic mass is 79.9. The SMILES string of the molecule is CCOc1ncnc(Nc2ccc(Cl)c(Br)c2)c1N. The molecule has 0 bridgehead atoms. The second-order valence-corrected chi connectivity index (χ2v) is 4.89. The number of nitrogens with zero attached hydrogens (tertiary/aromatic N) is 2. The first kappa shape index (κ1) is 13.9. The lowest BCUT2D eigenvalue weighted by atomic mass is 10.3. The van der Waals surface area contributed by atoms with Crippen LogP contribution in [0.2, 0.25) is 5.02 Å².